The zero-order valence-electron chi connectivity index (χ0n) is 15.0. The molecule has 6 heteroatoms. The summed E-state index contributed by atoms with van der Waals surface area (Å²) >= 11 is 5.88. The second kappa shape index (κ2) is 9.05. The third kappa shape index (κ3) is 4.02. The average Bonchev–Trinajstić information content (AvgIpc) is 2.67. The molecule has 2 rings (SSSR count). The van der Waals surface area contributed by atoms with Crippen LogP contribution in [0, 0.1) is 0 Å². The van der Waals surface area contributed by atoms with Gasteiger partial charge in [0.25, 0.3) is 0 Å². The Morgan fingerprint density at radius 2 is 1.73 bits per heavy atom. The topological polar surface area (TPSA) is 66.4 Å². The van der Waals surface area contributed by atoms with Crippen LogP contribution in [-0.4, -0.2) is 49.6 Å². The minimum Gasteiger partial charge on any atom is -0.390 e. The van der Waals surface area contributed by atoms with E-state index >= 15 is 0 Å². The van der Waals surface area contributed by atoms with E-state index in [9.17, 15) is 14.7 Å². The van der Waals surface area contributed by atoms with Crippen LogP contribution in [0.1, 0.15) is 17.3 Å². The zero-order chi connectivity index (χ0) is 19.2. The molecule has 2 aromatic carbocycles. The number of quaternary nitrogens is 1. The van der Waals surface area contributed by atoms with Crippen LogP contribution in [0.5, 0.6) is 0 Å². The summed E-state index contributed by atoms with van der Waals surface area (Å²) in [6.07, 6.45) is 0. The maximum absolute atomic E-state index is 13.5. The van der Waals surface area contributed by atoms with Crippen molar-refractivity contribution in [2.75, 3.05) is 26.7 Å². The number of para-hydroxylation sites is 1. The predicted molar refractivity (Wildman–Crippen MR) is 104 cm³/mol. The lowest BCUT2D eigenvalue weighted by atomic mass is 10.0. The van der Waals surface area contributed by atoms with Gasteiger partial charge < -0.3 is 5.11 Å². The standard InChI is InChI=1S/C20H24ClN2O3/c1-3-23(13-14-24,17-7-5-4-6-8-17)20(26)18(22-2)19(25)15-9-11-16(21)12-10-15/h4-12,18,22,24H,3,13-14H2,1-2H3/q+1. The Bertz CT molecular complexity index is 749. The number of carbonyl (C=O) groups is 2. The highest BCUT2D eigenvalue weighted by molar-refractivity contribution is 6.30. The SMILES string of the molecule is CC[N+](CCO)(C(=O)C(NC)C(=O)c1ccc(Cl)cc1)c1ccccc1. The molecule has 0 saturated carbocycles. The van der Waals surface area contributed by atoms with Gasteiger partial charge in [0.2, 0.25) is 0 Å². The molecule has 0 aliphatic rings. The third-order valence-corrected chi connectivity index (χ3v) is 4.87. The fourth-order valence-electron chi connectivity index (χ4n) is 3.14. The molecular weight excluding hydrogens is 352 g/mol. The van der Waals surface area contributed by atoms with Gasteiger partial charge in [-0.15, -0.1) is 0 Å². The van der Waals surface area contributed by atoms with Crippen molar-refractivity contribution in [1.82, 2.24) is 9.80 Å². The normalized spacial score (nSPS) is 14.5. The summed E-state index contributed by atoms with van der Waals surface area (Å²) in [6, 6.07) is 14.7. The highest BCUT2D eigenvalue weighted by Gasteiger charge is 2.44. The van der Waals surface area contributed by atoms with Gasteiger partial charge in [0.1, 0.15) is 12.2 Å². The Morgan fingerprint density at radius 1 is 1.12 bits per heavy atom. The number of hydrogen-bond acceptors (Lipinski definition) is 4. The summed E-state index contributed by atoms with van der Waals surface area (Å²) in [7, 11) is 1.59. The number of nitrogens with one attached hydrogen (secondary N) is 1. The van der Waals surface area contributed by atoms with E-state index in [1.807, 2.05) is 37.3 Å². The summed E-state index contributed by atoms with van der Waals surface area (Å²) in [5, 5.41) is 13.0. The molecule has 0 aliphatic carbocycles. The molecule has 0 fully saturated rings. The fraction of sp³-hybridized carbons (Fsp3) is 0.300. The molecule has 2 unspecified atom stereocenters. The van der Waals surface area contributed by atoms with Crippen molar-refractivity contribution in [2.24, 2.45) is 0 Å². The summed E-state index contributed by atoms with van der Waals surface area (Å²) in [5.74, 6) is -0.616. The number of rotatable bonds is 8. The van der Waals surface area contributed by atoms with Gasteiger partial charge in [-0.3, -0.25) is 10.1 Å². The average molecular weight is 376 g/mol. The summed E-state index contributed by atoms with van der Waals surface area (Å²) in [5.41, 5.74) is 1.16. The first-order valence-electron chi connectivity index (χ1n) is 8.55. The van der Waals surface area contributed by atoms with Crippen molar-refractivity contribution in [3.63, 3.8) is 0 Å². The minimum atomic E-state index is -1.03. The van der Waals surface area contributed by atoms with Crippen molar-refractivity contribution in [2.45, 2.75) is 13.0 Å². The molecule has 2 N–H and O–H groups in total. The number of nitrogens with zero attached hydrogens (tertiary/aromatic N) is 1. The number of amides is 1. The van der Waals surface area contributed by atoms with E-state index < -0.39 is 6.04 Å². The maximum Gasteiger partial charge on any atom is 0.343 e. The predicted octanol–water partition coefficient (Wildman–Crippen LogP) is 2.66. The molecule has 26 heavy (non-hydrogen) atoms. The lowest BCUT2D eigenvalue weighted by Crippen LogP contribution is -2.63. The van der Waals surface area contributed by atoms with Crippen molar-refractivity contribution >= 4 is 29.0 Å². The van der Waals surface area contributed by atoms with Crippen LogP contribution in [-0.2, 0) is 4.79 Å². The lowest BCUT2D eigenvalue weighted by Gasteiger charge is -2.36. The van der Waals surface area contributed by atoms with Crippen LogP contribution in [0.15, 0.2) is 54.6 Å². The van der Waals surface area contributed by atoms with Gasteiger partial charge >= 0.3 is 5.91 Å². The number of likely N-dealkylation sites (N-methyl/N-ethyl adjacent to an activating group) is 2. The number of halogens is 1. The quantitative estimate of drug-likeness (QED) is 0.423. The van der Waals surface area contributed by atoms with Crippen LogP contribution < -0.4 is 9.80 Å². The number of ketones is 1. The van der Waals surface area contributed by atoms with E-state index in [0.29, 0.717) is 17.1 Å². The van der Waals surface area contributed by atoms with Gasteiger partial charge in [0, 0.05) is 10.6 Å². The molecule has 0 heterocycles. The van der Waals surface area contributed by atoms with E-state index in [1.165, 1.54) is 0 Å². The number of aliphatic hydroxyl groups is 1. The number of carbonyl (C=O) groups excluding carboxylic acids is 2. The van der Waals surface area contributed by atoms with Crippen molar-refractivity contribution in [3.05, 3.63) is 65.2 Å². The molecule has 0 spiro atoms. The third-order valence-electron chi connectivity index (χ3n) is 4.62. The largest absolute Gasteiger partial charge is 0.390 e. The molecular formula is C20H24ClN2O3+. The Morgan fingerprint density at radius 3 is 2.23 bits per heavy atom. The molecule has 0 saturated heterocycles. The molecule has 2 atom stereocenters. The van der Waals surface area contributed by atoms with E-state index in [2.05, 4.69) is 5.32 Å². The molecule has 0 aliphatic heterocycles. The fourth-order valence-corrected chi connectivity index (χ4v) is 3.27. The number of benzene rings is 2. The first kappa shape index (κ1) is 20.3. The van der Waals surface area contributed by atoms with E-state index in [-0.39, 0.29) is 29.3 Å². The van der Waals surface area contributed by atoms with Gasteiger partial charge in [-0.05, 0) is 50.4 Å². The number of aliphatic hydroxyl groups excluding tert-OH is 1. The lowest BCUT2D eigenvalue weighted by molar-refractivity contribution is -0.131. The molecule has 0 bridgehead atoms. The second-order valence-corrected chi connectivity index (χ2v) is 6.43. The molecule has 0 radical (unpaired) electrons. The molecule has 5 nitrogen and oxygen atoms in total. The van der Waals surface area contributed by atoms with Crippen LogP contribution >= 0.6 is 11.6 Å². The summed E-state index contributed by atoms with van der Waals surface area (Å²) < 4.78 is -0.109. The zero-order valence-corrected chi connectivity index (χ0v) is 15.7. The summed E-state index contributed by atoms with van der Waals surface area (Å²) in [4.78, 5) is 26.4. The Balaban J connectivity index is 2.44. The second-order valence-electron chi connectivity index (χ2n) is 6.00. The Hall–Kier alpha value is -2.05. The van der Waals surface area contributed by atoms with Crippen LogP contribution in [0.4, 0.5) is 5.69 Å². The highest BCUT2D eigenvalue weighted by atomic mass is 35.5. The molecule has 0 aromatic heterocycles. The summed E-state index contributed by atoms with van der Waals surface area (Å²) in [6.45, 7) is 2.33. The number of Topliss-reactive ketones (excluding diaryl/α,β-unsaturated/α-hetero) is 1. The van der Waals surface area contributed by atoms with Gasteiger partial charge in [-0.25, -0.2) is 9.28 Å². The van der Waals surface area contributed by atoms with Crippen molar-refractivity contribution in [3.8, 4) is 0 Å². The molecule has 1 amide bonds. The smallest absolute Gasteiger partial charge is 0.343 e. The van der Waals surface area contributed by atoms with Gasteiger partial charge in [0.15, 0.2) is 11.8 Å². The molecule has 2 aromatic rings. The maximum atomic E-state index is 13.5. The van der Waals surface area contributed by atoms with E-state index in [0.717, 1.165) is 5.69 Å². The molecule has 138 valence electrons. The van der Waals surface area contributed by atoms with Crippen molar-refractivity contribution in [1.29, 1.82) is 0 Å². The van der Waals surface area contributed by atoms with Crippen LogP contribution in [0.3, 0.4) is 0 Å². The van der Waals surface area contributed by atoms with E-state index in [4.69, 9.17) is 11.6 Å². The number of hydrogen-bond donors (Lipinski definition) is 2. The van der Waals surface area contributed by atoms with Gasteiger partial charge in [-0.1, -0.05) is 29.8 Å². The Labute approximate surface area is 158 Å². The minimum absolute atomic E-state index is 0.109. The van der Waals surface area contributed by atoms with Gasteiger partial charge in [0.05, 0.1) is 13.2 Å². The highest BCUT2D eigenvalue weighted by Crippen LogP contribution is 2.25. The van der Waals surface area contributed by atoms with Crippen LogP contribution in [0.2, 0.25) is 5.02 Å². The first-order chi connectivity index (χ1) is 12.5. The van der Waals surface area contributed by atoms with Crippen molar-refractivity contribution < 1.29 is 14.7 Å². The van der Waals surface area contributed by atoms with Crippen LogP contribution in [0.25, 0.3) is 0 Å². The first-order valence-corrected chi connectivity index (χ1v) is 8.93. The van der Waals surface area contributed by atoms with E-state index in [1.54, 1.807) is 31.3 Å². The van der Waals surface area contributed by atoms with Gasteiger partial charge in [-0.2, -0.15) is 0 Å². The Kier molecular flexibility index (Phi) is 7.06. The monoisotopic (exact) mass is 375 g/mol.